The molecule has 0 spiro atoms. The minimum Gasteiger partial charge on any atom is -0.506 e. The van der Waals surface area contributed by atoms with Crippen LogP contribution in [-0.2, 0) is 4.74 Å². The topological polar surface area (TPSA) is 84.4 Å². The van der Waals surface area contributed by atoms with E-state index >= 15 is 0 Å². The number of ether oxygens (including phenoxy) is 2. The van der Waals surface area contributed by atoms with Gasteiger partial charge in [-0.3, -0.25) is 0 Å². The maximum absolute atomic E-state index is 11.5. The molecule has 112 valence electrons. The highest BCUT2D eigenvalue weighted by atomic mass is 16.5. The van der Waals surface area contributed by atoms with Crippen LogP contribution >= 0.6 is 0 Å². The molecule has 0 unspecified atom stereocenters. The van der Waals surface area contributed by atoms with Gasteiger partial charge in [-0.05, 0) is 24.6 Å². The molecule has 0 fully saturated rings. The zero-order chi connectivity index (χ0) is 15.7. The Hall–Kier alpha value is -3.02. The predicted octanol–water partition coefficient (Wildman–Crippen LogP) is 3.16. The fraction of sp³-hybridized carbons (Fsp3) is 0.125. The van der Waals surface area contributed by atoms with E-state index in [4.69, 9.17) is 4.74 Å². The number of aromatic hydroxyl groups is 1. The molecule has 22 heavy (non-hydrogen) atoms. The normalized spacial score (nSPS) is 10.6. The molecule has 2 heterocycles. The number of esters is 1. The van der Waals surface area contributed by atoms with Crippen LogP contribution < -0.4 is 4.74 Å². The van der Waals surface area contributed by atoms with Crippen LogP contribution in [0.4, 0.5) is 0 Å². The minimum absolute atomic E-state index is 0.0187. The molecular weight excluding hydrogens is 284 g/mol. The lowest BCUT2D eigenvalue weighted by molar-refractivity contribution is 0.0595. The molecule has 0 atom stereocenters. The van der Waals surface area contributed by atoms with Gasteiger partial charge in [-0.2, -0.15) is 0 Å². The van der Waals surface area contributed by atoms with Crippen LogP contribution in [0.25, 0.3) is 10.9 Å². The van der Waals surface area contributed by atoms with Gasteiger partial charge in [-0.1, -0.05) is 6.07 Å². The first kappa shape index (κ1) is 13.9. The fourth-order valence-corrected chi connectivity index (χ4v) is 2.11. The van der Waals surface area contributed by atoms with Crippen molar-refractivity contribution in [1.29, 1.82) is 0 Å². The van der Waals surface area contributed by atoms with E-state index in [9.17, 15) is 9.90 Å². The molecule has 0 saturated heterocycles. The second-order valence-electron chi connectivity index (χ2n) is 4.86. The summed E-state index contributed by atoms with van der Waals surface area (Å²) in [6.45, 7) is 1.93. The van der Waals surface area contributed by atoms with Gasteiger partial charge in [0.1, 0.15) is 17.2 Å². The smallest absolute Gasteiger partial charge is 0.354 e. The highest BCUT2D eigenvalue weighted by Gasteiger charge is 2.13. The molecular formula is C16H14N2O4. The number of phenolic OH excluding ortho intramolecular Hbond substituents is 1. The zero-order valence-corrected chi connectivity index (χ0v) is 12.1. The Morgan fingerprint density at radius 2 is 2.09 bits per heavy atom. The van der Waals surface area contributed by atoms with Crippen molar-refractivity contribution in [3.63, 3.8) is 0 Å². The molecule has 6 heteroatoms. The summed E-state index contributed by atoms with van der Waals surface area (Å²) in [6.07, 6.45) is 1.69. The summed E-state index contributed by atoms with van der Waals surface area (Å²) in [5, 5.41) is 10.7. The molecule has 0 aliphatic rings. The highest BCUT2D eigenvalue weighted by molar-refractivity contribution is 5.97. The summed E-state index contributed by atoms with van der Waals surface area (Å²) in [7, 11) is 1.30. The van der Waals surface area contributed by atoms with Gasteiger partial charge in [-0.15, -0.1) is 0 Å². The van der Waals surface area contributed by atoms with Crippen molar-refractivity contribution in [3.05, 3.63) is 47.8 Å². The second kappa shape index (κ2) is 5.40. The standard InChI is InChI=1S/C16H14N2O4/c1-9-3-4-14(17-8-9)22-11-5-10-6-12(16(20)21-2)18-15(10)13(19)7-11/h3-8,18-19H,1-2H3. The number of carbonyl (C=O) groups is 1. The summed E-state index contributed by atoms with van der Waals surface area (Å²) >= 11 is 0. The number of nitrogens with one attached hydrogen (secondary N) is 1. The molecule has 0 aliphatic carbocycles. The van der Waals surface area contributed by atoms with E-state index in [1.165, 1.54) is 13.2 Å². The lowest BCUT2D eigenvalue weighted by Crippen LogP contribution is -2.00. The van der Waals surface area contributed by atoms with E-state index in [0.29, 0.717) is 22.5 Å². The SMILES string of the molecule is COC(=O)c1cc2cc(Oc3ccc(C)cn3)cc(O)c2[nH]1. The summed E-state index contributed by atoms with van der Waals surface area (Å²) < 4.78 is 10.3. The predicted molar refractivity (Wildman–Crippen MR) is 80.4 cm³/mol. The van der Waals surface area contributed by atoms with Gasteiger partial charge >= 0.3 is 5.97 Å². The monoisotopic (exact) mass is 298 g/mol. The number of hydrogen-bond acceptors (Lipinski definition) is 5. The fourth-order valence-electron chi connectivity index (χ4n) is 2.11. The molecule has 6 nitrogen and oxygen atoms in total. The van der Waals surface area contributed by atoms with Gasteiger partial charge < -0.3 is 19.6 Å². The summed E-state index contributed by atoms with van der Waals surface area (Å²) in [5.41, 5.74) is 1.74. The Morgan fingerprint density at radius 1 is 1.27 bits per heavy atom. The number of methoxy groups -OCH3 is 1. The van der Waals surface area contributed by atoms with Crippen molar-refractivity contribution in [2.24, 2.45) is 0 Å². The van der Waals surface area contributed by atoms with Crippen LogP contribution in [0.1, 0.15) is 16.1 Å². The summed E-state index contributed by atoms with van der Waals surface area (Å²) in [5.74, 6) is 0.331. The van der Waals surface area contributed by atoms with Crippen LogP contribution in [-0.4, -0.2) is 28.2 Å². The van der Waals surface area contributed by atoms with E-state index in [1.807, 2.05) is 13.0 Å². The number of pyridine rings is 1. The van der Waals surface area contributed by atoms with E-state index in [1.54, 1.807) is 24.4 Å². The Bertz CT molecular complexity index is 837. The van der Waals surface area contributed by atoms with Crippen LogP contribution in [0.3, 0.4) is 0 Å². The average molecular weight is 298 g/mol. The van der Waals surface area contributed by atoms with Crippen molar-refractivity contribution in [3.8, 4) is 17.4 Å². The molecule has 0 amide bonds. The molecule has 1 aromatic carbocycles. The third-order valence-corrected chi connectivity index (χ3v) is 3.19. The molecule has 2 aromatic heterocycles. The molecule has 0 radical (unpaired) electrons. The second-order valence-corrected chi connectivity index (χ2v) is 4.86. The van der Waals surface area contributed by atoms with Crippen LogP contribution in [0.5, 0.6) is 17.4 Å². The first-order chi connectivity index (χ1) is 10.6. The number of benzene rings is 1. The number of hydrogen-bond donors (Lipinski definition) is 2. The number of carbonyl (C=O) groups excluding carboxylic acids is 1. The van der Waals surface area contributed by atoms with Gasteiger partial charge in [-0.25, -0.2) is 9.78 Å². The Balaban J connectivity index is 1.97. The Morgan fingerprint density at radius 3 is 2.77 bits per heavy atom. The van der Waals surface area contributed by atoms with Gasteiger partial charge in [0.2, 0.25) is 5.88 Å². The van der Waals surface area contributed by atoms with Crippen LogP contribution in [0.2, 0.25) is 0 Å². The zero-order valence-electron chi connectivity index (χ0n) is 12.1. The van der Waals surface area contributed by atoms with Crippen molar-refractivity contribution in [1.82, 2.24) is 9.97 Å². The molecule has 2 N–H and O–H groups in total. The van der Waals surface area contributed by atoms with Crippen LogP contribution in [0, 0.1) is 6.92 Å². The van der Waals surface area contributed by atoms with Crippen LogP contribution in [0.15, 0.2) is 36.5 Å². The summed E-state index contributed by atoms with van der Waals surface area (Å²) in [4.78, 5) is 18.5. The van der Waals surface area contributed by atoms with Gasteiger partial charge in [0, 0.05) is 23.7 Å². The quantitative estimate of drug-likeness (QED) is 0.726. The molecule has 3 rings (SSSR count). The number of aryl methyl sites for hydroxylation is 1. The van der Waals surface area contributed by atoms with E-state index in [-0.39, 0.29) is 11.4 Å². The lowest BCUT2D eigenvalue weighted by Gasteiger charge is -2.06. The Kier molecular flexibility index (Phi) is 3.42. The molecule has 0 aliphatic heterocycles. The third-order valence-electron chi connectivity index (χ3n) is 3.19. The van der Waals surface area contributed by atoms with Gasteiger partial charge in [0.15, 0.2) is 0 Å². The first-order valence-corrected chi connectivity index (χ1v) is 6.61. The lowest BCUT2D eigenvalue weighted by atomic mass is 10.2. The van der Waals surface area contributed by atoms with E-state index < -0.39 is 5.97 Å². The first-order valence-electron chi connectivity index (χ1n) is 6.61. The van der Waals surface area contributed by atoms with Crippen molar-refractivity contribution >= 4 is 16.9 Å². The maximum atomic E-state index is 11.5. The summed E-state index contributed by atoms with van der Waals surface area (Å²) in [6, 6.07) is 8.39. The number of rotatable bonds is 3. The van der Waals surface area contributed by atoms with Crippen molar-refractivity contribution < 1.29 is 19.4 Å². The number of fused-ring (bicyclic) bond motifs is 1. The molecule has 3 aromatic rings. The maximum Gasteiger partial charge on any atom is 0.354 e. The number of nitrogens with zero attached hydrogens (tertiary/aromatic N) is 1. The van der Waals surface area contributed by atoms with Gasteiger partial charge in [0.05, 0.1) is 12.6 Å². The number of phenols is 1. The number of aromatic amines is 1. The highest BCUT2D eigenvalue weighted by Crippen LogP contribution is 2.32. The van der Waals surface area contributed by atoms with E-state index in [0.717, 1.165) is 5.56 Å². The average Bonchev–Trinajstić information content (AvgIpc) is 2.93. The van der Waals surface area contributed by atoms with Crippen molar-refractivity contribution in [2.75, 3.05) is 7.11 Å². The van der Waals surface area contributed by atoms with Gasteiger partial charge in [0.25, 0.3) is 0 Å². The molecule has 0 saturated carbocycles. The number of aromatic nitrogens is 2. The number of H-pyrrole nitrogens is 1. The Labute approximate surface area is 126 Å². The minimum atomic E-state index is -0.502. The van der Waals surface area contributed by atoms with Crippen molar-refractivity contribution in [2.45, 2.75) is 6.92 Å². The van der Waals surface area contributed by atoms with E-state index in [2.05, 4.69) is 14.7 Å². The molecule has 0 bridgehead atoms. The largest absolute Gasteiger partial charge is 0.506 e. The third kappa shape index (κ3) is 2.58.